The molecule has 2 aromatic rings. The Labute approximate surface area is 177 Å². The van der Waals surface area contributed by atoms with Crippen molar-refractivity contribution in [1.82, 2.24) is 9.80 Å². The number of rotatable bonds is 7. The lowest BCUT2D eigenvalue weighted by atomic mass is 9.95. The van der Waals surface area contributed by atoms with Crippen LogP contribution in [0, 0.1) is 6.92 Å². The van der Waals surface area contributed by atoms with Crippen LogP contribution >= 0.6 is 0 Å². The molecule has 0 radical (unpaired) electrons. The molecule has 158 valence electrons. The Hall–Kier alpha value is -3.12. The van der Waals surface area contributed by atoms with Gasteiger partial charge in [-0.05, 0) is 63.3 Å². The lowest BCUT2D eigenvalue weighted by Gasteiger charge is -2.26. The number of Topliss-reactive ketones (excluding diaryl/α,β-unsaturated/α-hetero) is 1. The molecule has 1 heterocycles. The third kappa shape index (κ3) is 4.24. The molecule has 0 saturated carbocycles. The zero-order valence-corrected chi connectivity index (χ0v) is 17.9. The molecule has 1 atom stereocenters. The molecule has 1 N–H and O–H groups in total. The lowest BCUT2D eigenvalue weighted by Crippen LogP contribution is -2.32. The number of benzene rings is 2. The molecule has 30 heavy (non-hydrogen) atoms. The molecule has 0 aromatic heterocycles. The molecule has 1 aliphatic heterocycles. The fourth-order valence-electron chi connectivity index (χ4n) is 3.83. The van der Waals surface area contributed by atoms with Crippen molar-refractivity contribution in [2.45, 2.75) is 19.4 Å². The van der Waals surface area contributed by atoms with Crippen LogP contribution in [0.25, 0.3) is 5.76 Å². The Morgan fingerprint density at radius 1 is 1.13 bits per heavy atom. The second kappa shape index (κ2) is 9.13. The Morgan fingerprint density at radius 3 is 2.43 bits per heavy atom. The number of ketones is 1. The number of methoxy groups -OCH3 is 1. The number of hydrogen-bond donors (Lipinski definition) is 1. The first-order valence-electron chi connectivity index (χ1n) is 9.98. The minimum Gasteiger partial charge on any atom is -0.507 e. The van der Waals surface area contributed by atoms with Gasteiger partial charge in [0.1, 0.15) is 11.5 Å². The van der Waals surface area contributed by atoms with E-state index >= 15 is 0 Å². The maximum atomic E-state index is 13.0. The highest BCUT2D eigenvalue weighted by Gasteiger charge is 2.45. The fraction of sp³-hybridized carbons (Fsp3) is 0.333. The predicted octanol–water partition coefficient (Wildman–Crippen LogP) is 3.38. The first kappa shape index (κ1) is 21.6. The van der Waals surface area contributed by atoms with Crippen molar-refractivity contribution in [3.05, 3.63) is 70.8 Å². The molecule has 3 rings (SSSR count). The summed E-state index contributed by atoms with van der Waals surface area (Å²) in [6.45, 7) is 3.09. The number of likely N-dealkylation sites (tertiary alicyclic amines) is 1. The molecule has 0 spiro atoms. The number of carbonyl (C=O) groups excluding carboxylic acids is 2. The SMILES string of the molecule is COc1ccc(/C(O)=C2\C(=O)C(=O)N(CCCN(C)C)[C@H]2c2ccccc2)cc1C. The van der Waals surface area contributed by atoms with Crippen LogP contribution in [0.3, 0.4) is 0 Å². The highest BCUT2D eigenvalue weighted by molar-refractivity contribution is 6.46. The third-order valence-electron chi connectivity index (χ3n) is 5.33. The van der Waals surface area contributed by atoms with Crippen LogP contribution in [-0.4, -0.2) is 60.9 Å². The van der Waals surface area contributed by atoms with Gasteiger partial charge in [-0.1, -0.05) is 30.3 Å². The van der Waals surface area contributed by atoms with Crippen LogP contribution in [0.4, 0.5) is 0 Å². The maximum absolute atomic E-state index is 13.0. The van der Waals surface area contributed by atoms with Crippen LogP contribution < -0.4 is 4.74 Å². The highest BCUT2D eigenvalue weighted by Crippen LogP contribution is 2.39. The van der Waals surface area contributed by atoms with Crippen molar-refractivity contribution >= 4 is 17.4 Å². The summed E-state index contributed by atoms with van der Waals surface area (Å²) < 4.78 is 5.28. The van der Waals surface area contributed by atoms with E-state index in [1.807, 2.05) is 56.3 Å². The minimum absolute atomic E-state index is 0.126. The molecule has 2 aromatic carbocycles. The number of carbonyl (C=O) groups is 2. The van der Waals surface area contributed by atoms with E-state index in [1.54, 1.807) is 30.2 Å². The summed E-state index contributed by atoms with van der Waals surface area (Å²) in [6, 6.07) is 14.0. The maximum Gasteiger partial charge on any atom is 0.295 e. The Bertz CT molecular complexity index is 966. The van der Waals surface area contributed by atoms with Gasteiger partial charge in [0.15, 0.2) is 0 Å². The standard InChI is InChI=1S/C24H28N2O4/c1-16-15-18(11-12-19(16)30-4)22(27)20-21(17-9-6-5-7-10-17)26(24(29)23(20)28)14-8-13-25(2)3/h5-7,9-12,15,21,27H,8,13-14H2,1-4H3/b22-20+/t21-/m0/s1. The van der Waals surface area contributed by atoms with E-state index in [0.29, 0.717) is 17.9 Å². The van der Waals surface area contributed by atoms with Crippen LogP contribution in [0.2, 0.25) is 0 Å². The molecule has 1 amide bonds. The van der Waals surface area contributed by atoms with Gasteiger partial charge in [-0.3, -0.25) is 9.59 Å². The fourth-order valence-corrected chi connectivity index (χ4v) is 3.83. The minimum atomic E-state index is -0.653. The van der Waals surface area contributed by atoms with Gasteiger partial charge in [0.25, 0.3) is 11.7 Å². The van der Waals surface area contributed by atoms with E-state index in [9.17, 15) is 14.7 Å². The Kier molecular flexibility index (Phi) is 6.57. The van der Waals surface area contributed by atoms with Gasteiger partial charge < -0.3 is 19.6 Å². The second-order valence-electron chi connectivity index (χ2n) is 7.74. The molecule has 0 aliphatic carbocycles. The first-order valence-corrected chi connectivity index (χ1v) is 9.98. The zero-order valence-electron chi connectivity index (χ0n) is 17.9. The van der Waals surface area contributed by atoms with Crippen LogP contribution in [0.1, 0.15) is 29.2 Å². The van der Waals surface area contributed by atoms with Gasteiger partial charge in [0.2, 0.25) is 0 Å². The molecule has 6 heteroatoms. The largest absolute Gasteiger partial charge is 0.507 e. The Morgan fingerprint density at radius 2 is 1.83 bits per heavy atom. The molecule has 6 nitrogen and oxygen atoms in total. The molecule has 1 aliphatic rings. The van der Waals surface area contributed by atoms with Crippen LogP contribution in [-0.2, 0) is 9.59 Å². The van der Waals surface area contributed by atoms with Crippen LogP contribution in [0.15, 0.2) is 54.1 Å². The zero-order chi connectivity index (χ0) is 21.8. The number of amides is 1. The van der Waals surface area contributed by atoms with Crippen molar-refractivity contribution in [1.29, 1.82) is 0 Å². The number of ether oxygens (including phenoxy) is 1. The average Bonchev–Trinajstić information content (AvgIpc) is 2.98. The van der Waals surface area contributed by atoms with Crippen molar-refractivity contribution in [2.75, 3.05) is 34.3 Å². The van der Waals surface area contributed by atoms with E-state index in [2.05, 4.69) is 0 Å². The Balaban J connectivity index is 2.08. The van der Waals surface area contributed by atoms with Gasteiger partial charge in [-0.15, -0.1) is 0 Å². The van der Waals surface area contributed by atoms with Gasteiger partial charge >= 0.3 is 0 Å². The van der Waals surface area contributed by atoms with E-state index in [-0.39, 0.29) is 11.3 Å². The lowest BCUT2D eigenvalue weighted by molar-refractivity contribution is -0.139. The van der Waals surface area contributed by atoms with Crippen molar-refractivity contribution in [3.63, 3.8) is 0 Å². The molecule has 0 unspecified atom stereocenters. The molecule has 1 saturated heterocycles. The van der Waals surface area contributed by atoms with Gasteiger partial charge in [0, 0.05) is 12.1 Å². The van der Waals surface area contributed by atoms with Gasteiger partial charge in [-0.2, -0.15) is 0 Å². The quantitative estimate of drug-likeness (QED) is 0.432. The summed E-state index contributed by atoms with van der Waals surface area (Å²) >= 11 is 0. The predicted molar refractivity (Wildman–Crippen MR) is 116 cm³/mol. The van der Waals surface area contributed by atoms with E-state index < -0.39 is 17.7 Å². The highest BCUT2D eigenvalue weighted by atomic mass is 16.5. The van der Waals surface area contributed by atoms with E-state index in [0.717, 1.165) is 24.1 Å². The number of aliphatic hydroxyl groups excluding tert-OH is 1. The number of hydrogen-bond acceptors (Lipinski definition) is 5. The summed E-state index contributed by atoms with van der Waals surface area (Å²) in [5, 5.41) is 11.1. The average molecular weight is 408 g/mol. The molecule has 1 fully saturated rings. The molecular formula is C24H28N2O4. The second-order valence-corrected chi connectivity index (χ2v) is 7.74. The normalized spacial score (nSPS) is 18.3. The summed E-state index contributed by atoms with van der Waals surface area (Å²) in [4.78, 5) is 29.5. The van der Waals surface area contributed by atoms with E-state index in [4.69, 9.17) is 4.74 Å². The number of nitrogens with zero attached hydrogens (tertiary/aromatic N) is 2. The summed E-state index contributed by atoms with van der Waals surface area (Å²) in [5.41, 5.74) is 2.24. The smallest absolute Gasteiger partial charge is 0.295 e. The summed E-state index contributed by atoms with van der Waals surface area (Å²) in [5.74, 6) is -0.701. The van der Waals surface area contributed by atoms with Crippen molar-refractivity contribution in [2.24, 2.45) is 0 Å². The van der Waals surface area contributed by atoms with Gasteiger partial charge in [0.05, 0.1) is 18.7 Å². The van der Waals surface area contributed by atoms with Crippen molar-refractivity contribution in [3.8, 4) is 5.75 Å². The number of aliphatic hydroxyl groups is 1. The van der Waals surface area contributed by atoms with Gasteiger partial charge in [-0.25, -0.2) is 0 Å². The molecular weight excluding hydrogens is 380 g/mol. The van der Waals surface area contributed by atoms with Crippen molar-refractivity contribution < 1.29 is 19.4 Å². The number of aryl methyl sites for hydroxylation is 1. The topological polar surface area (TPSA) is 70.1 Å². The summed E-state index contributed by atoms with van der Waals surface area (Å²) in [6.07, 6.45) is 0.727. The summed E-state index contributed by atoms with van der Waals surface area (Å²) in [7, 11) is 5.51. The third-order valence-corrected chi connectivity index (χ3v) is 5.33. The first-order chi connectivity index (χ1) is 14.3. The monoisotopic (exact) mass is 408 g/mol. The molecule has 0 bridgehead atoms. The van der Waals surface area contributed by atoms with Crippen LogP contribution in [0.5, 0.6) is 5.75 Å². The van der Waals surface area contributed by atoms with E-state index in [1.165, 1.54) is 0 Å².